The van der Waals surface area contributed by atoms with E-state index >= 15 is 0 Å². The molecule has 25 heavy (non-hydrogen) atoms. The zero-order valence-corrected chi connectivity index (χ0v) is 13.2. The maximum Gasteiger partial charge on any atom is 0.419 e. The summed E-state index contributed by atoms with van der Waals surface area (Å²) < 4.78 is 51.3. The van der Waals surface area contributed by atoms with Crippen molar-refractivity contribution in [2.75, 3.05) is 0 Å². The van der Waals surface area contributed by atoms with Crippen molar-refractivity contribution in [2.24, 2.45) is 0 Å². The normalized spacial score (nSPS) is 11.2. The summed E-state index contributed by atoms with van der Waals surface area (Å²) in [7, 11) is 0. The number of hydrogen-bond donors (Lipinski definition) is 1. The molecule has 0 aliphatic carbocycles. The second kappa shape index (κ2) is 7.42. The molecule has 0 bridgehead atoms. The molecule has 0 unspecified atom stereocenters. The molecule has 0 saturated carbocycles. The van der Waals surface area contributed by atoms with Crippen molar-refractivity contribution in [3.8, 4) is 0 Å². The van der Waals surface area contributed by atoms with E-state index in [0.29, 0.717) is 17.8 Å². The van der Waals surface area contributed by atoms with Gasteiger partial charge in [0.05, 0.1) is 5.56 Å². The Morgan fingerprint density at radius 2 is 1.88 bits per heavy atom. The smallest absolute Gasteiger partial charge is 0.348 e. The number of carbonyl (C=O) groups is 2. The Hall–Kier alpha value is -2.77. The van der Waals surface area contributed by atoms with E-state index in [1.54, 1.807) is 0 Å². The second-order valence-electron chi connectivity index (χ2n) is 5.41. The molecule has 1 amide bonds. The van der Waals surface area contributed by atoms with Crippen LogP contribution < -0.4 is 5.32 Å². The molecule has 0 spiro atoms. The highest BCUT2D eigenvalue weighted by atomic mass is 19.4. The van der Waals surface area contributed by atoms with Gasteiger partial charge in [-0.2, -0.15) is 13.2 Å². The molecule has 0 fully saturated rings. The average molecular weight is 354 g/mol. The molecule has 0 aliphatic heterocycles. The van der Waals surface area contributed by atoms with Crippen molar-refractivity contribution >= 4 is 11.7 Å². The van der Waals surface area contributed by atoms with Crippen LogP contribution in [0.2, 0.25) is 0 Å². The Morgan fingerprint density at radius 3 is 2.52 bits per heavy atom. The predicted molar refractivity (Wildman–Crippen MR) is 81.2 cm³/mol. The van der Waals surface area contributed by atoms with Crippen molar-refractivity contribution in [3.05, 3.63) is 64.7 Å². The number of halogens is 4. The third kappa shape index (κ3) is 5.10. The minimum atomic E-state index is -4.81. The van der Waals surface area contributed by atoms with Gasteiger partial charge in [0.25, 0.3) is 5.91 Å². The van der Waals surface area contributed by atoms with Crippen LogP contribution in [0.25, 0.3) is 0 Å². The van der Waals surface area contributed by atoms with E-state index in [-0.39, 0.29) is 29.9 Å². The Labute approximate surface area is 140 Å². The molecule has 1 heterocycles. The van der Waals surface area contributed by atoms with Gasteiger partial charge in [0.2, 0.25) is 0 Å². The standard InChI is InChI=1S/C17H14F4N2O2/c1-10(24)6-13-8-12(4-5-22-13)16(25)23-9-11-2-3-15(18)14(7-11)17(19,20)21/h2-5,7-8H,6,9H2,1H3,(H,23,25). The van der Waals surface area contributed by atoms with Crippen LogP contribution in [0, 0.1) is 5.82 Å². The van der Waals surface area contributed by atoms with Gasteiger partial charge < -0.3 is 5.32 Å². The van der Waals surface area contributed by atoms with Crippen molar-refractivity contribution in [1.82, 2.24) is 10.3 Å². The maximum absolute atomic E-state index is 13.2. The number of nitrogens with one attached hydrogen (secondary N) is 1. The van der Waals surface area contributed by atoms with Crippen LogP contribution in [-0.4, -0.2) is 16.7 Å². The minimum Gasteiger partial charge on any atom is -0.348 e. The predicted octanol–water partition coefficient (Wildman–Crippen LogP) is 3.30. The van der Waals surface area contributed by atoms with Gasteiger partial charge in [-0.1, -0.05) is 6.07 Å². The van der Waals surface area contributed by atoms with E-state index in [2.05, 4.69) is 10.3 Å². The molecule has 132 valence electrons. The number of nitrogens with zero attached hydrogens (tertiary/aromatic N) is 1. The molecule has 0 aliphatic rings. The summed E-state index contributed by atoms with van der Waals surface area (Å²) in [6.07, 6.45) is -3.36. The van der Waals surface area contributed by atoms with Crippen LogP contribution in [0.1, 0.15) is 34.1 Å². The number of ketones is 1. The van der Waals surface area contributed by atoms with Gasteiger partial charge in [0, 0.05) is 30.4 Å². The molecule has 2 rings (SSSR count). The zero-order chi connectivity index (χ0) is 18.6. The van der Waals surface area contributed by atoms with Crippen molar-refractivity contribution in [3.63, 3.8) is 0 Å². The molecule has 1 aromatic carbocycles. The van der Waals surface area contributed by atoms with Gasteiger partial charge in [0.1, 0.15) is 11.6 Å². The summed E-state index contributed by atoms with van der Waals surface area (Å²) in [6, 6.07) is 5.39. The van der Waals surface area contributed by atoms with Gasteiger partial charge in [-0.25, -0.2) is 4.39 Å². The van der Waals surface area contributed by atoms with Crippen LogP contribution in [0.5, 0.6) is 0 Å². The maximum atomic E-state index is 13.2. The van der Waals surface area contributed by atoms with E-state index in [4.69, 9.17) is 0 Å². The summed E-state index contributed by atoms with van der Waals surface area (Å²) in [6.45, 7) is 1.19. The quantitative estimate of drug-likeness (QED) is 0.838. The Morgan fingerprint density at radius 1 is 1.16 bits per heavy atom. The van der Waals surface area contributed by atoms with Crippen molar-refractivity contribution in [2.45, 2.75) is 26.1 Å². The lowest BCUT2D eigenvalue weighted by Crippen LogP contribution is -2.23. The Balaban J connectivity index is 2.09. The molecule has 1 aromatic heterocycles. The molecular weight excluding hydrogens is 340 g/mol. The summed E-state index contributed by atoms with van der Waals surface area (Å²) in [5.41, 5.74) is -0.627. The third-order valence-electron chi connectivity index (χ3n) is 3.30. The fourth-order valence-electron chi connectivity index (χ4n) is 2.16. The van der Waals surface area contributed by atoms with Gasteiger partial charge in [0.15, 0.2) is 0 Å². The van der Waals surface area contributed by atoms with E-state index in [1.165, 1.54) is 31.3 Å². The SMILES string of the molecule is CC(=O)Cc1cc(C(=O)NCc2ccc(F)c(C(F)(F)F)c2)ccn1. The van der Waals surface area contributed by atoms with E-state index in [1.807, 2.05) is 0 Å². The van der Waals surface area contributed by atoms with Crippen LogP contribution in [0.4, 0.5) is 17.6 Å². The number of alkyl halides is 3. The van der Waals surface area contributed by atoms with Crippen LogP contribution >= 0.6 is 0 Å². The van der Waals surface area contributed by atoms with Crippen LogP contribution in [-0.2, 0) is 23.9 Å². The molecule has 1 N–H and O–H groups in total. The number of pyridine rings is 1. The Kier molecular flexibility index (Phi) is 5.51. The summed E-state index contributed by atoms with van der Waals surface area (Å²) in [5, 5.41) is 2.45. The number of Topliss-reactive ketones (excluding diaryl/α,β-unsaturated/α-hetero) is 1. The first-order chi connectivity index (χ1) is 11.7. The molecule has 2 aromatic rings. The Bertz CT molecular complexity index is 803. The largest absolute Gasteiger partial charge is 0.419 e. The molecule has 4 nitrogen and oxygen atoms in total. The highest BCUT2D eigenvalue weighted by Gasteiger charge is 2.34. The van der Waals surface area contributed by atoms with Crippen LogP contribution in [0.15, 0.2) is 36.5 Å². The van der Waals surface area contributed by atoms with Crippen molar-refractivity contribution in [1.29, 1.82) is 0 Å². The molecule has 0 atom stereocenters. The second-order valence-corrected chi connectivity index (χ2v) is 5.41. The average Bonchev–Trinajstić information content (AvgIpc) is 2.52. The fourth-order valence-corrected chi connectivity index (χ4v) is 2.16. The minimum absolute atomic E-state index is 0.0774. The van der Waals surface area contributed by atoms with Gasteiger partial charge in [-0.15, -0.1) is 0 Å². The van der Waals surface area contributed by atoms with E-state index in [0.717, 1.165) is 0 Å². The van der Waals surface area contributed by atoms with Crippen LogP contribution in [0.3, 0.4) is 0 Å². The zero-order valence-electron chi connectivity index (χ0n) is 13.2. The lowest BCUT2D eigenvalue weighted by molar-refractivity contribution is -0.140. The first-order valence-corrected chi connectivity index (χ1v) is 7.25. The number of benzene rings is 1. The highest BCUT2D eigenvalue weighted by Crippen LogP contribution is 2.31. The number of amides is 1. The molecule has 8 heteroatoms. The lowest BCUT2D eigenvalue weighted by atomic mass is 10.1. The topological polar surface area (TPSA) is 59.1 Å². The highest BCUT2D eigenvalue weighted by molar-refractivity contribution is 5.94. The first kappa shape index (κ1) is 18.6. The number of carbonyl (C=O) groups excluding carboxylic acids is 2. The summed E-state index contributed by atoms with van der Waals surface area (Å²) in [5.74, 6) is -2.02. The van der Waals surface area contributed by atoms with Gasteiger partial charge >= 0.3 is 6.18 Å². The lowest BCUT2D eigenvalue weighted by Gasteiger charge is -2.11. The molecule has 0 radical (unpaired) electrons. The summed E-state index contributed by atoms with van der Waals surface area (Å²) >= 11 is 0. The van der Waals surface area contributed by atoms with Gasteiger partial charge in [-0.05, 0) is 36.8 Å². The number of aromatic nitrogens is 1. The number of hydrogen-bond acceptors (Lipinski definition) is 3. The number of rotatable bonds is 5. The van der Waals surface area contributed by atoms with E-state index < -0.39 is 23.5 Å². The van der Waals surface area contributed by atoms with Gasteiger partial charge in [-0.3, -0.25) is 14.6 Å². The third-order valence-corrected chi connectivity index (χ3v) is 3.30. The molecular formula is C17H14F4N2O2. The molecule has 0 saturated heterocycles. The monoisotopic (exact) mass is 354 g/mol. The fraction of sp³-hybridized carbons (Fsp3) is 0.235. The van der Waals surface area contributed by atoms with E-state index in [9.17, 15) is 27.2 Å². The first-order valence-electron chi connectivity index (χ1n) is 7.25. The van der Waals surface area contributed by atoms with Crippen molar-refractivity contribution < 1.29 is 27.2 Å². The summed E-state index contributed by atoms with van der Waals surface area (Å²) in [4.78, 5) is 27.1.